The highest BCUT2D eigenvalue weighted by atomic mass is 32.2. The van der Waals surface area contributed by atoms with E-state index in [-0.39, 0.29) is 0 Å². The van der Waals surface area contributed by atoms with Gasteiger partial charge in [0, 0.05) is 0 Å². The maximum Gasteiger partial charge on any atom is -0.00646 e. The number of hydrogen-bond donors (Lipinski definition) is 0. The molecule has 1 heteroatoms. The molecular formula is C13H26S. The van der Waals surface area contributed by atoms with Crippen molar-refractivity contribution in [3.05, 3.63) is 12.7 Å². The molecule has 0 saturated heterocycles. The molecule has 0 aromatic carbocycles. The lowest BCUT2D eigenvalue weighted by Crippen LogP contribution is -1.85. The van der Waals surface area contributed by atoms with E-state index in [0.717, 1.165) is 0 Å². The van der Waals surface area contributed by atoms with Crippen molar-refractivity contribution in [2.45, 2.75) is 58.3 Å². The SMILES string of the molecule is C=CCCCSCCCCCCCC. The monoisotopic (exact) mass is 214 g/mol. The molecule has 0 radical (unpaired) electrons. The number of rotatable bonds is 11. The Morgan fingerprint density at radius 3 is 2.29 bits per heavy atom. The van der Waals surface area contributed by atoms with Gasteiger partial charge in [-0.1, -0.05) is 45.1 Å². The molecule has 84 valence electrons. The lowest BCUT2D eigenvalue weighted by molar-refractivity contribution is 0.627. The Labute approximate surface area is 94.6 Å². The third kappa shape index (κ3) is 12.1. The fourth-order valence-electron chi connectivity index (χ4n) is 1.42. The van der Waals surface area contributed by atoms with Gasteiger partial charge in [0.25, 0.3) is 0 Å². The molecule has 0 spiro atoms. The summed E-state index contributed by atoms with van der Waals surface area (Å²) >= 11 is 2.11. The summed E-state index contributed by atoms with van der Waals surface area (Å²) in [5, 5.41) is 0. The molecule has 0 atom stereocenters. The van der Waals surface area contributed by atoms with Crippen LogP contribution in [-0.4, -0.2) is 11.5 Å². The Morgan fingerprint density at radius 2 is 1.57 bits per heavy atom. The zero-order chi connectivity index (χ0) is 10.5. The lowest BCUT2D eigenvalue weighted by Gasteiger charge is -2.01. The van der Waals surface area contributed by atoms with E-state index in [0.29, 0.717) is 0 Å². The van der Waals surface area contributed by atoms with Crippen LogP contribution in [-0.2, 0) is 0 Å². The summed E-state index contributed by atoms with van der Waals surface area (Å²) in [4.78, 5) is 0. The van der Waals surface area contributed by atoms with Crippen LogP contribution in [0, 0.1) is 0 Å². The van der Waals surface area contributed by atoms with E-state index >= 15 is 0 Å². The Balaban J connectivity index is 2.81. The van der Waals surface area contributed by atoms with Crippen LogP contribution >= 0.6 is 11.8 Å². The van der Waals surface area contributed by atoms with Crippen molar-refractivity contribution >= 4 is 11.8 Å². The van der Waals surface area contributed by atoms with Gasteiger partial charge >= 0.3 is 0 Å². The molecule has 0 unspecified atom stereocenters. The van der Waals surface area contributed by atoms with Gasteiger partial charge < -0.3 is 0 Å². The van der Waals surface area contributed by atoms with E-state index in [2.05, 4.69) is 25.3 Å². The molecule has 0 amide bonds. The molecule has 0 aliphatic heterocycles. The molecule has 0 rings (SSSR count). The Hall–Kier alpha value is 0.0900. The summed E-state index contributed by atoms with van der Waals surface area (Å²) in [6.07, 6.45) is 13.0. The highest BCUT2D eigenvalue weighted by Crippen LogP contribution is 2.11. The molecular weight excluding hydrogens is 188 g/mol. The van der Waals surface area contributed by atoms with Crippen LogP contribution in [0.15, 0.2) is 12.7 Å². The third-order valence-electron chi connectivity index (χ3n) is 2.34. The van der Waals surface area contributed by atoms with Crippen molar-refractivity contribution < 1.29 is 0 Å². The van der Waals surface area contributed by atoms with Gasteiger partial charge in [0.1, 0.15) is 0 Å². The molecule has 0 aromatic rings. The molecule has 14 heavy (non-hydrogen) atoms. The fraction of sp³-hybridized carbons (Fsp3) is 0.846. The normalized spacial score (nSPS) is 10.4. The molecule has 0 aromatic heterocycles. The minimum absolute atomic E-state index is 1.18. The summed E-state index contributed by atoms with van der Waals surface area (Å²) in [6, 6.07) is 0. The van der Waals surface area contributed by atoms with Crippen LogP contribution in [0.3, 0.4) is 0 Å². The van der Waals surface area contributed by atoms with Crippen LogP contribution in [0.4, 0.5) is 0 Å². The van der Waals surface area contributed by atoms with E-state index in [1.807, 2.05) is 6.08 Å². The van der Waals surface area contributed by atoms with Crippen molar-refractivity contribution in [3.8, 4) is 0 Å². The molecule has 0 nitrogen and oxygen atoms in total. The largest absolute Gasteiger partial charge is 0.162 e. The molecule has 0 aliphatic rings. The van der Waals surface area contributed by atoms with E-state index in [1.165, 1.54) is 62.9 Å². The van der Waals surface area contributed by atoms with Gasteiger partial charge in [-0.15, -0.1) is 6.58 Å². The Bertz CT molecular complexity index is 110. The van der Waals surface area contributed by atoms with Gasteiger partial charge in [-0.2, -0.15) is 11.8 Å². The first-order valence-electron chi connectivity index (χ1n) is 6.10. The molecule has 0 heterocycles. The lowest BCUT2D eigenvalue weighted by atomic mass is 10.1. The topological polar surface area (TPSA) is 0 Å². The van der Waals surface area contributed by atoms with Crippen LogP contribution < -0.4 is 0 Å². The molecule has 0 bridgehead atoms. The van der Waals surface area contributed by atoms with Crippen molar-refractivity contribution in [2.24, 2.45) is 0 Å². The zero-order valence-corrected chi connectivity index (χ0v) is 10.6. The van der Waals surface area contributed by atoms with Crippen molar-refractivity contribution in [2.75, 3.05) is 11.5 Å². The minimum atomic E-state index is 1.18. The predicted octanol–water partition coefficient (Wildman–Crippen LogP) is 5.05. The van der Waals surface area contributed by atoms with Gasteiger partial charge in [-0.25, -0.2) is 0 Å². The first-order valence-corrected chi connectivity index (χ1v) is 7.26. The second-order valence-electron chi connectivity index (χ2n) is 3.81. The van der Waals surface area contributed by atoms with E-state index in [1.54, 1.807) is 0 Å². The average Bonchev–Trinajstić information content (AvgIpc) is 2.21. The Kier molecular flexibility index (Phi) is 13.2. The molecule has 0 aliphatic carbocycles. The van der Waals surface area contributed by atoms with Gasteiger partial charge in [0.15, 0.2) is 0 Å². The van der Waals surface area contributed by atoms with Crippen LogP contribution in [0.5, 0.6) is 0 Å². The average molecular weight is 214 g/mol. The smallest absolute Gasteiger partial charge is 0.00646 e. The molecule has 0 N–H and O–H groups in total. The van der Waals surface area contributed by atoms with Crippen molar-refractivity contribution in [3.63, 3.8) is 0 Å². The zero-order valence-electron chi connectivity index (χ0n) is 9.76. The number of unbranched alkanes of at least 4 members (excludes halogenated alkanes) is 6. The first kappa shape index (κ1) is 14.1. The van der Waals surface area contributed by atoms with Crippen LogP contribution in [0.25, 0.3) is 0 Å². The summed E-state index contributed by atoms with van der Waals surface area (Å²) in [5.41, 5.74) is 0. The van der Waals surface area contributed by atoms with Gasteiger partial charge in [-0.05, 0) is 30.8 Å². The van der Waals surface area contributed by atoms with Crippen LogP contribution in [0.2, 0.25) is 0 Å². The summed E-state index contributed by atoms with van der Waals surface area (Å²) in [5.74, 6) is 2.68. The van der Waals surface area contributed by atoms with E-state index in [9.17, 15) is 0 Å². The first-order chi connectivity index (χ1) is 6.91. The van der Waals surface area contributed by atoms with E-state index in [4.69, 9.17) is 0 Å². The van der Waals surface area contributed by atoms with Gasteiger partial charge in [-0.3, -0.25) is 0 Å². The highest BCUT2D eigenvalue weighted by Gasteiger charge is 1.91. The molecule has 0 fully saturated rings. The molecule has 0 saturated carbocycles. The van der Waals surface area contributed by atoms with E-state index < -0.39 is 0 Å². The number of allylic oxidation sites excluding steroid dienone is 1. The van der Waals surface area contributed by atoms with Crippen molar-refractivity contribution in [1.82, 2.24) is 0 Å². The van der Waals surface area contributed by atoms with Crippen molar-refractivity contribution in [1.29, 1.82) is 0 Å². The standard InChI is InChI=1S/C13H26S/c1-3-5-7-8-9-11-13-14-12-10-6-4-2/h4H,2-3,5-13H2,1H3. The fourth-order valence-corrected chi connectivity index (χ4v) is 2.40. The number of thioether (sulfide) groups is 1. The summed E-state index contributed by atoms with van der Waals surface area (Å²) in [6.45, 7) is 6.00. The van der Waals surface area contributed by atoms with Gasteiger partial charge in [0.2, 0.25) is 0 Å². The van der Waals surface area contributed by atoms with Crippen LogP contribution in [0.1, 0.15) is 58.3 Å². The number of hydrogen-bond acceptors (Lipinski definition) is 1. The quantitative estimate of drug-likeness (QED) is 0.343. The summed E-state index contributed by atoms with van der Waals surface area (Å²) < 4.78 is 0. The van der Waals surface area contributed by atoms with Gasteiger partial charge in [0.05, 0.1) is 0 Å². The highest BCUT2D eigenvalue weighted by molar-refractivity contribution is 7.99. The second kappa shape index (κ2) is 13.1. The maximum absolute atomic E-state index is 3.73. The third-order valence-corrected chi connectivity index (χ3v) is 3.49. The maximum atomic E-state index is 3.73. The Morgan fingerprint density at radius 1 is 0.929 bits per heavy atom. The summed E-state index contributed by atoms with van der Waals surface area (Å²) in [7, 11) is 0. The predicted molar refractivity (Wildman–Crippen MR) is 70.1 cm³/mol. The minimum Gasteiger partial charge on any atom is -0.162 e. The second-order valence-corrected chi connectivity index (χ2v) is 5.04.